The summed E-state index contributed by atoms with van der Waals surface area (Å²) in [6.45, 7) is 3.85. The van der Waals surface area contributed by atoms with Gasteiger partial charge in [-0.2, -0.15) is 0 Å². The number of benzene rings is 1. The second-order valence-corrected chi connectivity index (χ2v) is 3.88. The molecule has 0 spiro atoms. The third-order valence-electron chi connectivity index (χ3n) is 2.83. The highest BCUT2D eigenvalue weighted by Crippen LogP contribution is 2.36. The molecule has 0 aliphatic rings. The van der Waals surface area contributed by atoms with E-state index in [9.17, 15) is 9.90 Å². The fourth-order valence-corrected chi connectivity index (χ4v) is 1.96. The molecule has 1 N–H and O–H groups in total. The smallest absolute Gasteiger partial charge is 0.339 e. The van der Waals surface area contributed by atoms with Gasteiger partial charge >= 0.3 is 5.97 Å². The van der Waals surface area contributed by atoms with Crippen LogP contribution in [0.4, 0.5) is 0 Å². The minimum atomic E-state index is -1.36. The van der Waals surface area contributed by atoms with Crippen LogP contribution in [0.15, 0.2) is 12.1 Å². The quantitative estimate of drug-likeness (QED) is 0.798. The van der Waals surface area contributed by atoms with Crippen LogP contribution in [-0.2, 0) is 16.0 Å². The summed E-state index contributed by atoms with van der Waals surface area (Å²) in [4.78, 5) is 11.6. The van der Waals surface area contributed by atoms with Gasteiger partial charge < -0.3 is 19.3 Å². The molecule has 1 atom stereocenters. The Bertz CT molecular complexity index is 442. The summed E-state index contributed by atoms with van der Waals surface area (Å²) in [6.07, 6.45) is -0.693. The maximum absolute atomic E-state index is 11.6. The van der Waals surface area contributed by atoms with E-state index in [0.29, 0.717) is 23.5 Å². The Labute approximate surface area is 113 Å². The lowest BCUT2D eigenvalue weighted by molar-refractivity contribution is -0.153. The van der Waals surface area contributed by atoms with Crippen molar-refractivity contribution in [2.24, 2.45) is 0 Å². The van der Waals surface area contributed by atoms with Crippen molar-refractivity contribution in [3.05, 3.63) is 23.3 Å². The standard InChI is InChI=1S/C14H20O5/c1-5-9-11(17-3)8-7-10(13(9)18-4)12(15)14(16)19-6-2/h7-8,12,15H,5-6H2,1-4H3. The van der Waals surface area contributed by atoms with Crippen molar-refractivity contribution < 1.29 is 24.1 Å². The first-order valence-electron chi connectivity index (χ1n) is 6.19. The first-order chi connectivity index (χ1) is 9.10. The van der Waals surface area contributed by atoms with Crippen LogP contribution in [-0.4, -0.2) is 31.9 Å². The number of rotatable bonds is 6. The zero-order chi connectivity index (χ0) is 14.4. The van der Waals surface area contributed by atoms with Gasteiger partial charge in [0.25, 0.3) is 0 Å². The molecule has 0 saturated carbocycles. The molecule has 0 aliphatic heterocycles. The lowest BCUT2D eigenvalue weighted by Crippen LogP contribution is -2.16. The lowest BCUT2D eigenvalue weighted by Gasteiger charge is -2.18. The normalized spacial score (nSPS) is 11.8. The Morgan fingerprint density at radius 3 is 2.42 bits per heavy atom. The first-order valence-corrected chi connectivity index (χ1v) is 6.19. The minimum Gasteiger partial charge on any atom is -0.496 e. The van der Waals surface area contributed by atoms with Crippen molar-refractivity contribution in [3.63, 3.8) is 0 Å². The van der Waals surface area contributed by atoms with Crippen molar-refractivity contribution >= 4 is 5.97 Å². The molecule has 1 unspecified atom stereocenters. The van der Waals surface area contributed by atoms with Gasteiger partial charge in [0.05, 0.1) is 20.8 Å². The van der Waals surface area contributed by atoms with Crippen molar-refractivity contribution in [1.82, 2.24) is 0 Å². The molecule has 106 valence electrons. The molecule has 1 aromatic carbocycles. The van der Waals surface area contributed by atoms with Gasteiger partial charge in [0, 0.05) is 11.1 Å². The monoisotopic (exact) mass is 268 g/mol. The average molecular weight is 268 g/mol. The number of hydrogen-bond donors (Lipinski definition) is 1. The van der Waals surface area contributed by atoms with Crippen LogP contribution >= 0.6 is 0 Å². The van der Waals surface area contributed by atoms with E-state index < -0.39 is 12.1 Å². The van der Waals surface area contributed by atoms with Gasteiger partial charge in [-0.05, 0) is 25.5 Å². The fourth-order valence-electron chi connectivity index (χ4n) is 1.96. The minimum absolute atomic E-state index is 0.217. The average Bonchev–Trinajstić information content (AvgIpc) is 2.44. The van der Waals surface area contributed by atoms with E-state index in [1.807, 2.05) is 6.92 Å². The summed E-state index contributed by atoms with van der Waals surface area (Å²) < 4.78 is 15.4. The van der Waals surface area contributed by atoms with Crippen molar-refractivity contribution in [2.45, 2.75) is 26.4 Å². The molecule has 0 aromatic heterocycles. The van der Waals surface area contributed by atoms with Gasteiger partial charge in [0.15, 0.2) is 6.10 Å². The maximum Gasteiger partial charge on any atom is 0.339 e. The van der Waals surface area contributed by atoms with Gasteiger partial charge in [-0.15, -0.1) is 0 Å². The lowest BCUT2D eigenvalue weighted by atomic mass is 10.0. The number of aliphatic hydroxyl groups is 1. The van der Waals surface area contributed by atoms with E-state index in [1.165, 1.54) is 7.11 Å². The molecule has 1 rings (SSSR count). The summed E-state index contributed by atoms with van der Waals surface area (Å²) in [7, 11) is 3.06. The molecule has 0 bridgehead atoms. The van der Waals surface area contributed by atoms with E-state index in [2.05, 4.69) is 0 Å². The summed E-state index contributed by atoms with van der Waals surface area (Å²) in [5.74, 6) is 0.439. The Balaban J connectivity index is 3.24. The molecule has 5 nitrogen and oxygen atoms in total. The zero-order valence-corrected chi connectivity index (χ0v) is 11.7. The maximum atomic E-state index is 11.6. The summed E-state index contributed by atoms with van der Waals surface area (Å²) >= 11 is 0. The Kier molecular flexibility index (Phi) is 5.63. The van der Waals surface area contributed by atoms with E-state index in [0.717, 1.165) is 5.56 Å². The number of hydrogen-bond acceptors (Lipinski definition) is 5. The molecule has 0 heterocycles. The van der Waals surface area contributed by atoms with E-state index >= 15 is 0 Å². The van der Waals surface area contributed by atoms with Crippen LogP contribution in [0, 0.1) is 0 Å². The molecule has 0 amide bonds. The highest BCUT2D eigenvalue weighted by atomic mass is 16.5. The largest absolute Gasteiger partial charge is 0.496 e. The van der Waals surface area contributed by atoms with Crippen LogP contribution in [0.25, 0.3) is 0 Å². The SMILES string of the molecule is CCOC(=O)C(O)c1ccc(OC)c(CC)c1OC. The second-order valence-electron chi connectivity index (χ2n) is 3.88. The van der Waals surface area contributed by atoms with E-state index in [-0.39, 0.29) is 6.61 Å². The van der Waals surface area contributed by atoms with Crippen LogP contribution in [0.3, 0.4) is 0 Å². The van der Waals surface area contributed by atoms with Gasteiger partial charge in [-0.3, -0.25) is 0 Å². The first kappa shape index (κ1) is 15.3. The molecule has 1 aromatic rings. The summed E-state index contributed by atoms with van der Waals surface area (Å²) in [5, 5.41) is 10.0. The zero-order valence-electron chi connectivity index (χ0n) is 11.7. The summed E-state index contributed by atoms with van der Waals surface area (Å²) in [5.41, 5.74) is 1.20. The third kappa shape index (κ3) is 3.17. The van der Waals surface area contributed by atoms with Crippen LogP contribution in [0.1, 0.15) is 31.1 Å². The number of methoxy groups -OCH3 is 2. The van der Waals surface area contributed by atoms with Gasteiger partial charge in [0.1, 0.15) is 11.5 Å². The van der Waals surface area contributed by atoms with Crippen LogP contribution < -0.4 is 9.47 Å². The molecule has 5 heteroatoms. The Hall–Kier alpha value is -1.75. The molecule has 19 heavy (non-hydrogen) atoms. The highest BCUT2D eigenvalue weighted by molar-refractivity contribution is 5.78. The number of carbonyl (C=O) groups is 1. The Morgan fingerprint density at radius 1 is 1.26 bits per heavy atom. The van der Waals surface area contributed by atoms with Crippen molar-refractivity contribution in [3.8, 4) is 11.5 Å². The fraction of sp³-hybridized carbons (Fsp3) is 0.500. The number of carbonyl (C=O) groups excluding carboxylic acids is 1. The molecule has 0 radical (unpaired) electrons. The number of aliphatic hydroxyl groups excluding tert-OH is 1. The van der Waals surface area contributed by atoms with Crippen molar-refractivity contribution in [2.75, 3.05) is 20.8 Å². The van der Waals surface area contributed by atoms with Crippen LogP contribution in [0.2, 0.25) is 0 Å². The molecular formula is C14H20O5. The topological polar surface area (TPSA) is 65.0 Å². The molecular weight excluding hydrogens is 248 g/mol. The van der Waals surface area contributed by atoms with Crippen LogP contribution in [0.5, 0.6) is 11.5 Å². The van der Waals surface area contributed by atoms with E-state index in [4.69, 9.17) is 14.2 Å². The number of esters is 1. The Morgan fingerprint density at radius 2 is 1.95 bits per heavy atom. The predicted octanol–water partition coefficient (Wildman–Crippen LogP) is 1.86. The van der Waals surface area contributed by atoms with Gasteiger partial charge in [-0.25, -0.2) is 4.79 Å². The summed E-state index contributed by atoms with van der Waals surface area (Å²) in [6, 6.07) is 3.32. The highest BCUT2D eigenvalue weighted by Gasteiger charge is 2.25. The molecule has 0 saturated heterocycles. The van der Waals surface area contributed by atoms with Gasteiger partial charge in [0.2, 0.25) is 0 Å². The predicted molar refractivity (Wildman–Crippen MR) is 70.5 cm³/mol. The second kappa shape index (κ2) is 6.99. The van der Waals surface area contributed by atoms with Crippen molar-refractivity contribution in [1.29, 1.82) is 0 Å². The number of ether oxygens (including phenoxy) is 3. The molecule has 0 aliphatic carbocycles. The third-order valence-corrected chi connectivity index (χ3v) is 2.83. The van der Waals surface area contributed by atoms with Gasteiger partial charge in [-0.1, -0.05) is 6.92 Å². The van der Waals surface area contributed by atoms with E-state index in [1.54, 1.807) is 26.2 Å². The molecule has 0 fully saturated rings.